The summed E-state index contributed by atoms with van der Waals surface area (Å²) < 4.78 is 17.4. The number of amides is 1. The number of nitriles is 1. The van der Waals surface area contributed by atoms with Crippen molar-refractivity contribution in [2.45, 2.75) is 20.4 Å². The predicted molar refractivity (Wildman–Crippen MR) is 131 cm³/mol. The van der Waals surface area contributed by atoms with E-state index in [-0.39, 0.29) is 12.1 Å². The monoisotopic (exact) mass is 473 g/mol. The molecule has 0 radical (unpaired) electrons. The van der Waals surface area contributed by atoms with Crippen LogP contribution in [0.15, 0.2) is 60.2 Å². The normalized spacial score (nSPS) is 10.9. The second-order valence-electron chi connectivity index (χ2n) is 7.73. The smallest absolute Gasteiger partial charge is 0.349 e. The Morgan fingerprint density at radius 3 is 2.40 bits per heavy atom. The Morgan fingerprint density at radius 2 is 1.74 bits per heavy atom. The minimum Gasteiger partial charge on any atom is -0.497 e. The Bertz CT molecular complexity index is 1280. The van der Waals surface area contributed by atoms with Crippen molar-refractivity contribution in [2.75, 3.05) is 20.8 Å². The van der Waals surface area contributed by atoms with E-state index in [0.717, 1.165) is 28.4 Å². The number of carbonyl (C=O) groups excluding carboxylic acids is 2. The third-order valence-corrected chi connectivity index (χ3v) is 5.40. The summed E-state index contributed by atoms with van der Waals surface area (Å²) in [4.78, 5) is 24.6. The summed E-state index contributed by atoms with van der Waals surface area (Å²) in [6, 6.07) is 18.6. The van der Waals surface area contributed by atoms with E-state index < -0.39 is 18.5 Å². The van der Waals surface area contributed by atoms with Gasteiger partial charge in [-0.25, -0.2) is 4.79 Å². The van der Waals surface area contributed by atoms with Gasteiger partial charge in [0.25, 0.3) is 5.91 Å². The number of carbonyl (C=O) groups is 2. The van der Waals surface area contributed by atoms with Crippen molar-refractivity contribution < 1.29 is 23.8 Å². The molecule has 1 aromatic heterocycles. The molecule has 0 saturated heterocycles. The Balaban J connectivity index is 1.65. The van der Waals surface area contributed by atoms with E-state index in [1.165, 1.54) is 6.08 Å². The minimum atomic E-state index is -0.863. The molecule has 2 aromatic carbocycles. The summed E-state index contributed by atoms with van der Waals surface area (Å²) in [5.41, 5.74) is 4.06. The van der Waals surface area contributed by atoms with Gasteiger partial charge in [-0.15, -0.1) is 0 Å². The zero-order chi connectivity index (χ0) is 25.4. The maximum absolute atomic E-state index is 12.5. The van der Waals surface area contributed by atoms with Crippen LogP contribution >= 0.6 is 0 Å². The lowest BCUT2D eigenvalue weighted by atomic mass is 10.1. The van der Waals surface area contributed by atoms with Crippen molar-refractivity contribution in [3.63, 3.8) is 0 Å². The lowest BCUT2D eigenvalue weighted by molar-refractivity contribution is -0.144. The van der Waals surface area contributed by atoms with Crippen LogP contribution < -0.4 is 14.8 Å². The summed E-state index contributed by atoms with van der Waals surface area (Å²) in [6.45, 7) is 3.60. The molecule has 0 aliphatic heterocycles. The second-order valence-corrected chi connectivity index (χ2v) is 7.73. The third-order valence-electron chi connectivity index (χ3n) is 5.40. The Morgan fingerprint density at radius 1 is 1.03 bits per heavy atom. The number of ether oxygens (including phenoxy) is 3. The first-order valence-corrected chi connectivity index (χ1v) is 10.9. The van der Waals surface area contributed by atoms with Gasteiger partial charge in [-0.05, 0) is 73.5 Å². The van der Waals surface area contributed by atoms with Gasteiger partial charge in [0.2, 0.25) is 0 Å². The van der Waals surface area contributed by atoms with Gasteiger partial charge in [0.1, 0.15) is 23.1 Å². The summed E-state index contributed by atoms with van der Waals surface area (Å²) in [7, 11) is 3.17. The number of nitrogens with one attached hydrogen (secondary N) is 1. The predicted octanol–water partition coefficient (Wildman–Crippen LogP) is 3.88. The number of methoxy groups -OCH3 is 2. The molecule has 35 heavy (non-hydrogen) atoms. The SMILES string of the molecule is COc1ccc(-n2c(C)cc(/C=C(\C#N)C(=O)OCC(=O)NCc3cccc(OC)c3)c2C)cc1. The lowest BCUT2D eigenvalue weighted by Crippen LogP contribution is -2.28. The molecule has 0 unspecified atom stereocenters. The molecule has 0 atom stereocenters. The molecule has 8 heteroatoms. The topological polar surface area (TPSA) is 103 Å². The number of hydrogen-bond donors (Lipinski definition) is 1. The zero-order valence-corrected chi connectivity index (χ0v) is 20.1. The van der Waals surface area contributed by atoms with E-state index in [1.807, 2.05) is 66.9 Å². The number of aromatic nitrogens is 1. The van der Waals surface area contributed by atoms with Crippen LogP contribution in [0, 0.1) is 25.2 Å². The van der Waals surface area contributed by atoms with Crippen molar-refractivity contribution in [3.8, 4) is 23.3 Å². The van der Waals surface area contributed by atoms with E-state index in [2.05, 4.69) is 5.32 Å². The Hall–Kier alpha value is -4.51. The average molecular weight is 474 g/mol. The summed E-state index contributed by atoms with van der Waals surface area (Å²) in [6.07, 6.45) is 1.47. The molecule has 0 fully saturated rings. The van der Waals surface area contributed by atoms with Crippen LogP contribution in [0.4, 0.5) is 0 Å². The molecule has 1 N–H and O–H groups in total. The molecule has 0 aliphatic rings. The molecule has 1 heterocycles. The molecule has 0 spiro atoms. The first-order valence-electron chi connectivity index (χ1n) is 10.9. The van der Waals surface area contributed by atoms with Gasteiger partial charge in [0.05, 0.1) is 14.2 Å². The van der Waals surface area contributed by atoms with Gasteiger partial charge in [0, 0.05) is 23.6 Å². The van der Waals surface area contributed by atoms with Crippen molar-refractivity contribution >= 4 is 18.0 Å². The molecule has 180 valence electrons. The Labute approximate surface area is 204 Å². The largest absolute Gasteiger partial charge is 0.497 e. The van der Waals surface area contributed by atoms with Crippen molar-refractivity contribution in [1.82, 2.24) is 9.88 Å². The van der Waals surface area contributed by atoms with Crippen LogP contribution in [-0.4, -0.2) is 37.3 Å². The molecule has 0 aliphatic carbocycles. The van der Waals surface area contributed by atoms with E-state index in [0.29, 0.717) is 11.3 Å². The number of esters is 1. The molecule has 0 bridgehead atoms. The maximum Gasteiger partial charge on any atom is 0.349 e. The first kappa shape index (κ1) is 25.1. The van der Waals surface area contributed by atoms with Crippen LogP contribution in [0.3, 0.4) is 0 Å². The van der Waals surface area contributed by atoms with Crippen molar-refractivity contribution in [3.05, 3.63) is 82.7 Å². The zero-order valence-electron chi connectivity index (χ0n) is 20.1. The minimum absolute atomic E-state index is 0.194. The number of hydrogen-bond acceptors (Lipinski definition) is 6. The Kier molecular flexibility index (Phi) is 8.30. The fraction of sp³-hybridized carbons (Fsp3) is 0.222. The lowest BCUT2D eigenvalue weighted by Gasteiger charge is -2.10. The maximum atomic E-state index is 12.5. The van der Waals surface area contributed by atoms with Crippen molar-refractivity contribution in [1.29, 1.82) is 5.26 Å². The molecule has 1 amide bonds. The van der Waals surface area contributed by atoms with Gasteiger partial charge >= 0.3 is 5.97 Å². The van der Waals surface area contributed by atoms with Gasteiger partial charge in [-0.3, -0.25) is 4.79 Å². The third kappa shape index (κ3) is 6.30. The fourth-order valence-corrected chi connectivity index (χ4v) is 3.60. The van der Waals surface area contributed by atoms with Crippen molar-refractivity contribution in [2.24, 2.45) is 0 Å². The number of rotatable bonds is 9. The highest BCUT2D eigenvalue weighted by Crippen LogP contribution is 2.24. The van der Waals surface area contributed by atoms with Crippen LogP contribution in [0.25, 0.3) is 11.8 Å². The van der Waals surface area contributed by atoms with Gasteiger partial charge in [0.15, 0.2) is 6.61 Å². The van der Waals surface area contributed by atoms with Crippen LogP contribution in [0.1, 0.15) is 22.5 Å². The van der Waals surface area contributed by atoms with Crippen LogP contribution in [0.5, 0.6) is 11.5 Å². The molecule has 3 aromatic rings. The highest BCUT2D eigenvalue weighted by atomic mass is 16.5. The number of benzene rings is 2. The summed E-state index contributed by atoms with van der Waals surface area (Å²) >= 11 is 0. The van der Waals surface area contributed by atoms with Crippen LogP contribution in [0.2, 0.25) is 0 Å². The quantitative estimate of drug-likeness (QED) is 0.287. The van der Waals surface area contributed by atoms with Gasteiger partial charge < -0.3 is 24.1 Å². The molecular weight excluding hydrogens is 446 g/mol. The average Bonchev–Trinajstić information content (AvgIpc) is 3.16. The highest BCUT2D eigenvalue weighted by Gasteiger charge is 2.16. The van der Waals surface area contributed by atoms with Gasteiger partial charge in [-0.1, -0.05) is 12.1 Å². The standard InChI is InChI=1S/C27H27N3O5/c1-18-12-21(19(2)30(18)23-8-10-24(33-3)11-9-23)14-22(15-28)27(32)35-17-26(31)29-16-20-6-5-7-25(13-20)34-4/h5-14H,16-17H2,1-4H3,(H,29,31)/b22-14+. The van der Waals surface area contributed by atoms with Crippen LogP contribution in [-0.2, 0) is 20.9 Å². The number of nitrogens with zero attached hydrogens (tertiary/aromatic N) is 2. The molecular formula is C27H27N3O5. The highest BCUT2D eigenvalue weighted by molar-refractivity contribution is 5.99. The summed E-state index contributed by atoms with van der Waals surface area (Å²) in [5.74, 6) is 0.0890. The number of aryl methyl sites for hydroxylation is 1. The van der Waals surface area contributed by atoms with E-state index >= 15 is 0 Å². The fourth-order valence-electron chi connectivity index (χ4n) is 3.60. The first-order chi connectivity index (χ1) is 16.9. The van der Waals surface area contributed by atoms with E-state index in [1.54, 1.807) is 26.4 Å². The molecule has 3 rings (SSSR count). The van der Waals surface area contributed by atoms with E-state index in [9.17, 15) is 14.9 Å². The second kappa shape index (κ2) is 11.6. The summed E-state index contributed by atoms with van der Waals surface area (Å²) in [5, 5.41) is 12.2. The van der Waals surface area contributed by atoms with E-state index in [4.69, 9.17) is 14.2 Å². The molecule has 0 saturated carbocycles. The molecule has 8 nitrogen and oxygen atoms in total. The van der Waals surface area contributed by atoms with Gasteiger partial charge in [-0.2, -0.15) is 5.26 Å².